The van der Waals surface area contributed by atoms with Crippen LogP contribution in [0.5, 0.6) is 0 Å². The second kappa shape index (κ2) is 4.07. The molecule has 4 heteroatoms. The minimum atomic E-state index is -0.454. The van der Waals surface area contributed by atoms with Gasteiger partial charge in [-0.25, -0.2) is 4.98 Å². The predicted molar refractivity (Wildman–Crippen MR) is 50.4 cm³/mol. The summed E-state index contributed by atoms with van der Waals surface area (Å²) < 4.78 is 1.99. The fourth-order valence-electron chi connectivity index (χ4n) is 1.29. The van der Waals surface area contributed by atoms with E-state index in [0.29, 0.717) is 5.69 Å². The maximum atomic E-state index is 10.8. The van der Waals surface area contributed by atoms with Crippen LogP contribution in [0.2, 0.25) is 0 Å². The topological polar surface area (TPSA) is 60.9 Å². The first-order valence-electron chi connectivity index (χ1n) is 4.54. The molecule has 0 spiro atoms. The molecule has 0 atom stereocenters. The highest BCUT2D eigenvalue weighted by Crippen LogP contribution is 2.04. The quantitative estimate of drug-likeness (QED) is 0.751. The van der Waals surface area contributed by atoms with Gasteiger partial charge in [0.05, 0.1) is 0 Å². The summed E-state index contributed by atoms with van der Waals surface area (Å²) in [6.07, 6.45) is 3.58. The third-order valence-corrected chi connectivity index (χ3v) is 1.89. The number of imidazole rings is 1. The van der Waals surface area contributed by atoms with E-state index in [1.54, 1.807) is 6.20 Å². The lowest BCUT2D eigenvalue weighted by atomic mass is 10.4. The molecule has 0 saturated carbocycles. The molecular formula is C9H15N3O. The molecule has 13 heavy (non-hydrogen) atoms. The van der Waals surface area contributed by atoms with Crippen molar-refractivity contribution in [2.24, 2.45) is 5.73 Å². The summed E-state index contributed by atoms with van der Waals surface area (Å²) in [5.41, 5.74) is 5.50. The van der Waals surface area contributed by atoms with E-state index < -0.39 is 5.91 Å². The third-order valence-electron chi connectivity index (χ3n) is 1.89. The van der Waals surface area contributed by atoms with Gasteiger partial charge in [-0.1, -0.05) is 13.8 Å². The standard InChI is InChI=1S/C9H15N3O/c1-3-5-12-6-7(9(10)13)11-8(12)4-2/h6H,3-5H2,1-2H3,(H2,10,13). The smallest absolute Gasteiger partial charge is 0.268 e. The molecule has 0 aliphatic heterocycles. The summed E-state index contributed by atoms with van der Waals surface area (Å²) in [5.74, 6) is 0.472. The molecule has 0 saturated heterocycles. The second-order valence-electron chi connectivity index (χ2n) is 2.95. The van der Waals surface area contributed by atoms with Crippen LogP contribution in [0, 0.1) is 0 Å². The van der Waals surface area contributed by atoms with Gasteiger partial charge in [0.25, 0.3) is 5.91 Å². The summed E-state index contributed by atoms with van der Waals surface area (Å²) in [6.45, 7) is 4.99. The van der Waals surface area contributed by atoms with E-state index in [4.69, 9.17) is 5.73 Å². The first-order chi connectivity index (χ1) is 6.19. The van der Waals surface area contributed by atoms with E-state index in [1.165, 1.54) is 0 Å². The van der Waals surface area contributed by atoms with Crippen LogP contribution in [0.4, 0.5) is 0 Å². The SMILES string of the molecule is CCCn1cc(C(N)=O)nc1CC. The maximum Gasteiger partial charge on any atom is 0.268 e. The zero-order chi connectivity index (χ0) is 9.84. The molecule has 1 rings (SSSR count). The highest BCUT2D eigenvalue weighted by atomic mass is 16.1. The highest BCUT2D eigenvalue weighted by molar-refractivity contribution is 5.90. The molecule has 1 aromatic rings. The number of carbonyl (C=O) groups is 1. The van der Waals surface area contributed by atoms with E-state index in [0.717, 1.165) is 25.2 Å². The molecule has 0 bridgehead atoms. The number of aryl methyl sites for hydroxylation is 2. The minimum absolute atomic E-state index is 0.366. The van der Waals surface area contributed by atoms with Gasteiger partial charge in [-0.3, -0.25) is 4.79 Å². The van der Waals surface area contributed by atoms with Gasteiger partial charge in [0.2, 0.25) is 0 Å². The van der Waals surface area contributed by atoms with Crippen molar-refractivity contribution in [1.82, 2.24) is 9.55 Å². The third kappa shape index (κ3) is 2.08. The molecule has 2 N–H and O–H groups in total. The van der Waals surface area contributed by atoms with Crippen molar-refractivity contribution in [2.45, 2.75) is 33.2 Å². The van der Waals surface area contributed by atoms with Crippen molar-refractivity contribution in [3.05, 3.63) is 17.7 Å². The lowest BCUT2D eigenvalue weighted by Gasteiger charge is -2.01. The lowest BCUT2D eigenvalue weighted by molar-refractivity contribution is 0.0996. The Balaban J connectivity index is 2.96. The fraction of sp³-hybridized carbons (Fsp3) is 0.556. The summed E-state index contributed by atoms with van der Waals surface area (Å²) >= 11 is 0. The van der Waals surface area contributed by atoms with Crippen molar-refractivity contribution in [1.29, 1.82) is 0 Å². The molecule has 1 aromatic heterocycles. The van der Waals surface area contributed by atoms with Gasteiger partial charge < -0.3 is 10.3 Å². The van der Waals surface area contributed by atoms with Crippen molar-refractivity contribution in [3.8, 4) is 0 Å². The van der Waals surface area contributed by atoms with E-state index in [-0.39, 0.29) is 0 Å². The number of aromatic nitrogens is 2. The Bertz CT molecular complexity index is 304. The second-order valence-corrected chi connectivity index (χ2v) is 2.95. The van der Waals surface area contributed by atoms with E-state index in [2.05, 4.69) is 11.9 Å². The van der Waals surface area contributed by atoms with Crippen LogP contribution in [0.15, 0.2) is 6.20 Å². The lowest BCUT2D eigenvalue weighted by Crippen LogP contribution is -2.11. The summed E-state index contributed by atoms with van der Waals surface area (Å²) in [4.78, 5) is 15.0. The molecule has 0 aromatic carbocycles. The van der Waals surface area contributed by atoms with Gasteiger partial charge >= 0.3 is 0 Å². The molecule has 4 nitrogen and oxygen atoms in total. The molecule has 0 aliphatic carbocycles. The van der Waals surface area contributed by atoms with Gasteiger partial charge in [0.15, 0.2) is 0 Å². The first-order valence-corrected chi connectivity index (χ1v) is 4.54. The minimum Gasteiger partial charge on any atom is -0.364 e. The van der Waals surface area contributed by atoms with Gasteiger partial charge in [0.1, 0.15) is 11.5 Å². The van der Waals surface area contributed by atoms with Gasteiger partial charge in [-0.15, -0.1) is 0 Å². The number of carbonyl (C=O) groups excluding carboxylic acids is 1. The molecule has 72 valence electrons. The van der Waals surface area contributed by atoms with Crippen LogP contribution >= 0.6 is 0 Å². The Morgan fingerprint density at radius 3 is 2.77 bits per heavy atom. The Hall–Kier alpha value is -1.32. The number of hydrogen-bond donors (Lipinski definition) is 1. The molecule has 0 fully saturated rings. The number of hydrogen-bond acceptors (Lipinski definition) is 2. The van der Waals surface area contributed by atoms with Crippen LogP contribution in [-0.2, 0) is 13.0 Å². The number of amides is 1. The molecular weight excluding hydrogens is 166 g/mol. The monoisotopic (exact) mass is 181 g/mol. The zero-order valence-electron chi connectivity index (χ0n) is 8.08. The summed E-state index contributed by atoms with van der Waals surface area (Å²) in [5, 5.41) is 0. The highest BCUT2D eigenvalue weighted by Gasteiger charge is 2.09. The van der Waals surface area contributed by atoms with Gasteiger partial charge in [-0.2, -0.15) is 0 Å². The van der Waals surface area contributed by atoms with Gasteiger partial charge in [-0.05, 0) is 6.42 Å². The van der Waals surface area contributed by atoms with E-state index in [9.17, 15) is 4.79 Å². The van der Waals surface area contributed by atoms with Crippen LogP contribution < -0.4 is 5.73 Å². The number of primary amides is 1. The average Bonchev–Trinajstić information content (AvgIpc) is 2.48. The van der Waals surface area contributed by atoms with E-state index >= 15 is 0 Å². The fourth-order valence-corrected chi connectivity index (χ4v) is 1.29. The Kier molecular flexibility index (Phi) is 3.06. The van der Waals surface area contributed by atoms with Crippen LogP contribution in [0.1, 0.15) is 36.6 Å². The average molecular weight is 181 g/mol. The largest absolute Gasteiger partial charge is 0.364 e. The number of nitrogens with two attached hydrogens (primary N) is 1. The Labute approximate surface area is 77.8 Å². The van der Waals surface area contributed by atoms with Crippen LogP contribution in [0.3, 0.4) is 0 Å². The van der Waals surface area contributed by atoms with Crippen molar-refractivity contribution in [3.63, 3.8) is 0 Å². The molecule has 1 amide bonds. The van der Waals surface area contributed by atoms with Crippen molar-refractivity contribution < 1.29 is 4.79 Å². The van der Waals surface area contributed by atoms with Gasteiger partial charge in [0, 0.05) is 19.2 Å². The Morgan fingerprint density at radius 2 is 2.31 bits per heavy atom. The van der Waals surface area contributed by atoms with Crippen LogP contribution in [-0.4, -0.2) is 15.5 Å². The molecule has 0 unspecified atom stereocenters. The molecule has 0 aliphatic rings. The van der Waals surface area contributed by atoms with Crippen molar-refractivity contribution >= 4 is 5.91 Å². The maximum absolute atomic E-state index is 10.8. The first kappa shape index (κ1) is 9.77. The summed E-state index contributed by atoms with van der Waals surface area (Å²) in [6, 6.07) is 0. The molecule has 1 heterocycles. The van der Waals surface area contributed by atoms with E-state index in [1.807, 2.05) is 11.5 Å². The molecule has 0 radical (unpaired) electrons. The Morgan fingerprint density at radius 1 is 1.62 bits per heavy atom. The summed E-state index contributed by atoms with van der Waals surface area (Å²) in [7, 11) is 0. The number of rotatable bonds is 4. The number of nitrogens with zero attached hydrogens (tertiary/aromatic N) is 2. The zero-order valence-corrected chi connectivity index (χ0v) is 8.08. The van der Waals surface area contributed by atoms with Crippen LogP contribution in [0.25, 0.3) is 0 Å². The predicted octanol–water partition coefficient (Wildman–Crippen LogP) is 0.954. The normalized spacial score (nSPS) is 10.3. The van der Waals surface area contributed by atoms with Crippen molar-refractivity contribution in [2.75, 3.05) is 0 Å².